The highest BCUT2D eigenvalue weighted by Gasteiger charge is 2.66. The SMILES string of the molecule is CCOC(=O)[C@H]1C[C@@]1(C(=O)OCC)c1cccc(Cl)c1. The minimum absolute atomic E-state index is 0.274. The van der Waals surface area contributed by atoms with Gasteiger partial charge in [0.25, 0.3) is 0 Å². The third kappa shape index (κ3) is 2.52. The Morgan fingerprint density at radius 2 is 2.00 bits per heavy atom. The van der Waals surface area contributed by atoms with Gasteiger partial charge in [0, 0.05) is 5.02 Å². The molecule has 0 N–H and O–H groups in total. The Kier molecular flexibility index (Phi) is 4.33. The Morgan fingerprint density at radius 3 is 2.60 bits per heavy atom. The van der Waals surface area contributed by atoms with Crippen LogP contribution in [0.1, 0.15) is 25.8 Å². The summed E-state index contributed by atoms with van der Waals surface area (Å²) in [6.07, 6.45) is 0.408. The lowest BCUT2D eigenvalue weighted by molar-refractivity contribution is -0.152. The van der Waals surface area contributed by atoms with Crippen LogP contribution in [0.4, 0.5) is 0 Å². The summed E-state index contributed by atoms with van der Waals surface area (Å²) in [5.74, 6) is -1.24. The van der Waals surface area contributed by atoms with E-state index >= 15 is 0 Å². The largest absolute Gasteiger partial charge is 0.466 e. The lowest BCUT2D eigenvalue weighted by atomic mass is 9.93. The Bertz CT molecular complexity index is 528. The minimum atomic E-state index is -0.937. The smallest absolute Gasteiger partial charge is 0.317 e. The summed E-state index contributed by atoms with van der Waals surface area (Å²) in [5.41, 5.74) is -0.228. The highest BCUT2D eigenvalue weighted by Crippen LogP contribution is 2.56. The van der Waals surface area contributed by atoms with Gasteiger partial charge >= 0.3 is 11.9 Å². The summed E-state index contributed by atoms with van der Waals surface area (Å²) in [6.45, 7) is 4.05. The number of hydrogen-bond donors (Lipinski definition) is 0. The second-order valence-electron chi connectivity index (χ2n) is 4.71. The van der Waals surface area contributed by atoms with Crippen molar-refractivity contribution in [2.45, 2.75) is 25.7 Å². The van der Waals surface area contributed by atoms with E-state index in [1.807, 2.05) is 0 Å². The van der Waals surface area contributed by atoms with Crippen molar-refractivity contribution in [2.24, 2.45) is 5.92 Å². The molecule has 1 aliphatic carbocycles. The zero-order valence-electron chi connectivity index (χ0n) is 11.5. The maximum Gasteiger partial charge on any atom is 0.317 e. The highest BCUT2D eigenvalue weighted by atomic mass is 35.5. The van der Waals surface area contributed by atoms with Crippen LogP contribution >= 0.6 is 11.6 Å². The number of rotatable bonds is 5. The molecule has 2 rings (SSSR count). The number of carbonyl (C=O) groups is 2. The van der Waals surface area contributed by atoms with Crippen molar-refractivity contribution in [1.82, 2.24) is 0 Å². The van der Waals surface area contributed by atoms with E-state index in [0.717, 1.165) is 0 Å². The van der Waals surface area contributed by atoms with Crippen LogP contribution < -0.4 is 0 Å². The van der Waals surface area contributed by atoms with E-state index in [1.54, 1.807) is 38.1 Å². The average molecular weight is 297 g/mol. The highest BCUT2D eigenvalue weighted by molar-refractivity contribution is 6.30. The molecule has 1 saturated carbocycles. The molecule has 0 spiro atoms. The molecule has 0 bridgehead atoms. The molecule has 0 aromatic heterocycles. The van der Waals surface area contributed by atoms with E-state index in [1.165, 1.54) is 0 Å². The quantitative estimate of drug-likeness (QED) is 0.784. The van der Waals surface area contributed by atoms with E-state index in [4.69, 9.17) is 21.1 Å². The summed E-state index contributed by atoms with van der Waals surface area (Å²) in [6, 6.07) is 6.99. The normalized spacial score (nSPS) is 24.1. The summed E-state index contributed by atoms with van der Waals surface area (Å²) in [4.78, 5) is 24.2. The van der Waals surface area contributed by atoms with Gasteiger partial charge in [0.2, 0.25) is 0 Å². The van der Waals surface area contributed by atoms with Crippen molar-refractivity contribution < 1.29 is 19.1 Å². The zero-order chi connectivity index (χ0) is 14.8. The molecule has 1 aromatic rings. The molecule has 0 radical (unpaired) electrons. The first kappa shape index (κ1) is 14.9. The summed E-state index contributed by atoms with van der Waals surface area (Å²) >= 11 is 5.98. The van der Waals surface area contributed by atoms with Crippen molar-refractivity contribution in [3.63, 3.8) is 0 Å². The van der Waals surface area contributed by atoms with Gasteiger partial charge in [-0.05, 0) is 38.0 Å². The fourth-order valence-electron chi connectivity index (χ4n) is 2.48. The van der Waals surface area contributed by atoms with Crippen LogP contribution in [0.5, 0.6) is 0 Å². The number of benzene rings is 1. The molecular weight excluding hydrogens is 280 g/mol. The van der Waals surface area contributed by atoms with Gasteiger partial charge in [-0.15, -0.1) is 0 Å². The van der Waals surface area contributed by atoms with Crippen LogP contribution in [-0.2, 0) is 24.5 Å². The molecule has 0 heterocycles. The molecule has 5 heteroatoms. The lowest BCUT2D eigenvalue weighted by Gasteiger charge is -2.16. The van der Waals surface area contributed by atoms with Gasteiger partial charge in [0.1, 0.15) is 5.41 Å². The molecule has 0 aliphatic heterocycles. The van der Waals surface area contributed by atoms with Crippen LogP contribution in [0, 0.1) is 5.92 Å². The predicted molar refractivity (Wildman–Crippen MR) is 74.5 cm³/mol. The van der Waals surface area contributed by atoms with Crippen LogP contribution in [0.15, 0.2) is 24.3 Å². The first-order valence-electron chi connectivity index (χ1n) is 6.66. The standard InChI is InChI=1S/C15H17ClO4/c1-3-19-13(17)12-9-15(12,14(18)20-4-2)10-6-5-7-11(16)8-10/h5-8,12H,3-4,9H2,1-2H3/t12-,15-/m1/s1. The number of carbonyl (C=O) groups excluding carboxylic acids is 2. The number of hydrogen-bond acceptors (Lipinski definition) is 4. The first-order valence-corrected chi connectivity index (χ1v) is 7.04. The van der Waals surface area contributed by atoms with Crippen LogP contribution in [-0.4, -0.2) is 25.2 Å². The topological polar surface area (TPSA) is 52.6 Å². The molecule has 4 nitrogen and oxygen atoms in total. The predicted octanol–water partition coefficient (Wildman–Crippen LogP) is 2.72. The second kappa shape index (κ2) is 5.83. The fourth-order valence-corrected chi connectivity index (χ4v) is 2.67. The molecule has 1 fully saturated rings. The van der Waals surface area contributed by atoms with Crippen LogP contribution in [0.3, 0.4) is 0 Å². The van der Waals surface area contributed by atoms with Gasteiger partial charge in [-0.25, -0.2) is 0 Å². The van der Waals surface area contributed by atoms with Crippen LogP contribution in [0.25, 0.3) is 0 Å². The molecule has 2 atom stereocenters. The monoisotopic (exact) mass is 296 g/mol. The fraction of sp³-hybridized carbons (Fsp3) is 0.467. The summed E-state index contributed by atoms with van der Waals surface area (Å²) in [7, 11) is 0. The molecule has 1 aromatic carbocycles. The Balaban J connectivity index is 2.33. The molecule has 0 saturated heterocycles. The Hall–Kier alpha value is -1.55. The van der Waals surface area contributed by atoms with Gasteiger partial charge in [0.15, 0.2) is 0 Å². The van der Waals surface area contributed by atoms with E-state index in [-0.39, 0.29) is 18.5 Å². The maximum absolute atomic E-state index is 12.3. The number of esters is 2. The van der Waals surface area contributed by atoms with E-state index in [0.29, 0.717) is 23.6 Å². The van der Waals surface area contributed by atoms with Crippen molar-refractivity contribution in [1.29, 1.82) is 0 Å². The molecule has 0 unspecified atom stereocenters. The third-order valence-electron chi connectivity index (χ3n) is 3.51. The van der Waals surface area contributed by atoms with E-state index in [9.17, 15) is 9.59 Å². The maximum atomic E-state index is 12.3. The molecule has 20 heavy (non-hydrogen) atoms. The number of halogens is 1. The molecular formula is C15H17ClO4. The van der Waals surface area contributed by atoms with Crippen molar-refractivity contribution in [3.8, 4) is 0 Å². The minimum Gasteiger partial charge on any atom is -0.466 e. The van der Waals surface area contributed by atoms with Gasteiger partial charge < -0.3 is 9.47 Å². The third-order valence-corrected chi connectivity index (χ3v) is 3.75. The summed E-state index contributed by atoms with van der Waals surface area (Å²) in [5, 5.41) is 0.528. The lowest BCUT2D eigenvalue weighted by Crippen LogP contribution is -2.28. The zero-order valence-corrected chi connectivity index (χ0v) is 12.3. The Morgan fingerprint density at radius 1 is 1.30 bits per heavy atom. The number of ether oxygens (including phenoxy) is 2. The molecule has 0 amide bonds. The van der Waals surface area contributed by atoms with E-state index in [2.05, 4.69) is 0 Å². The Labute approximate surface area is 123 Å². The summed E-state index contributed by atoms with van der Waals surface area (Å²) < 4.78 is 10.2. The van der Waals surface area contributed by atoms with Gasteiger partial charge in [0.05, 0.1) is 19.1 Å². The van der Waals surface area contributed by atoms with Crippen molar-refractivity contribution in [3.05, 3.63) is 34.9 Å². The average Bonchev–Trinajstić information content (AvgIpc) is 3.16. The second-order valence-corrected chi connectivity index (χ2v) is 5.15. The first-order chi connectivity index (χ1) is 9.56. The van der Waals surface area contributed by atoms with Gasteiger partial charge in [-0.2, -0.15) is 0 Å². The molecule has 1 aliphatic rings. The van der Waals surface area contributed by atoms with E-state index < -0.39 is 11.3 Å². The van der Waals surface area contributed by atoms with Gasteiger partial charge in [-0.3, -0.25) is 9.59 Å². The van der Waals surface area contributed by atoms with Crippen molar-refractivity contribution in [2.75, 3.05) is 13.2 Å². The van der Waals surface area contributed by atoms with Crippen molar-refractivity contribution >= 4 is 23.5 Å². The van der Waals surface area contributed by atoms with Gasteiger partial charge in [-0.1, -0.05) is 23.7 Å². The van der Waals surface area contributed by atoms with Crippen LogP contribution in [0.2, 0.25) is 5.02 Å². The molecule has 108 valence electrons.